The van der Waals surface area contributed by atoms with Gasteiger partial charge in [0.25, 0.3) is 5.91 Å². The van der Waals surface area contributed by atoms with Crippen LogP contribution < -0.4 is 5.32 Å². The fourth-order valence-corrected chi connectivity index (χ4v) is 2.83. The Morgan fingerprint density at radius 2 is 2.31 bits per heavy atom. The molecule has 84 valence electrons. The summed E-state index contributed by atoms with van der Waals surface area (Å²) < 4.78 is 0.854. The Morgan fingerprint density at radius 3 is 2.94 bits per heavy atom. The number of nitrogens with one attached hydrogen (secondary N) is 1. The number of carbonyl (C=O) groups is 2. The lowest BCUT2D eigenvalue weighted by atomic mass is 10.2. The molecule has 0 aromatic heterocycles. The predicted octanol–water partition coefficient (Wildman–Crippen LogP) is 2.21. The van der Waals surface area contributed by atoms with Gasteiger partial charge in [-0.2, -0.15) is 0 Å². The third-order valence-electron chi connectivity index (χ3n) is 2.33. The molecule has 16 heavy (non-hydrogen) atoms. The molecule has 0 bridgehead atoms. The van der Waals surface area contributed by atoms with Crippen molar-refractivity contribution in [2.75, 3.05) is 5.75 Å². The molecule has 0 aliphatic carbocycles. The Kier molecular flexibility index (Phi) is 3.66. The van der Waals surface area contributed by atoms with Gasteiger partial charge >= 0.3 is 0 Å². The first-order chi connectivity index (χ1) is 7.66. The summed E-state index contributed by atoms with van der Waals surface area (Å²) in [5.74, 6) is 0.601. The zero-order valence-electron chi connectivity index (χ0n) is 8.40. The molecule has 1 aromatic carbocycles. The summed E-state index contributed by atoms with van der Waals surface area (Å²) in [6, 6.07) is 6.79. The molecule has 1 N–H and O–H groups in total. The van der Waals surface area contributed by atoms with Crippen molar-refractivity contribution < 1.29 is 9.59 Å². The van der Waals surface area contributed by atoms with Gasteiger partial charge in [-0.05, 0) is 24.6 Å². The first-order valence-corrected chi connectivity index (χ1v) is 6.68. The summed E-state index contributed by atoms with van der Waals surface area (Å²) in [6.07, 6.45) is 0.725. The maximum atomic E-state index is 11.8. The Bertz CT molecular complexity index is 436. The average molecular weight is 300 g/mol. The van der Waals surface area contributed by atoms with Crippen LogP contribution in [0.3, 0.4) is 0 Å². The maximum Gasteiger partial charge on any atom is 0.251 e. The van der Waals surface area contributed by atoms with Gasteiger partial charge in [0.05, 0.1) is 6.04 Å². The van der Waals surface area contributed by atoms with Crippen molar-refractivity contribution in [2.24, 2.45) is 0 Å². The van der Waals surface area contributed by atoms with E-state index in [4.69, 9.17) is 0 Å². The molecule has 1 aliphatic heterocycles. The van der Waals surface area contributed by atoms with E-state index in [9.17, 15) is 9.59 Å². The molecule has 1 aliphatic rings. The second-order valence-corrected chi connectivity index (χ2v) is 5.51. The quantitative estimate of drug-likeness (QED) is 0.911. The lowest BCUT2D eigenvalue weighted by molar-refractivity contribution is -0.112. The largest absolute Gasteiger partial charge is 0.341 e. The van der Waals surface area contributed by atoms with Crippen LogP contribution in [0.25, 0.3) is 0 Å². The SMILES string of the molecule is O=C(N[C@H]1CCSC1=O)c1cccc(Br)c1. The van der Waals surface area contributed by atoms with E-state index in [0.29, 0.717) is 5.56 Å². The van der Waals surface area contributed by atoms with Gasteiger partial charge < -0.3 is 5.32 Å². The van der Waals surface area contributed by atoms with Crippen LogP contribution in [0.5, 0.6) is 0 Å². The van der Waals surface area contributed by atoms with Crippen LogP contribution in [0, 0.1) is 0 Å². The predicted molar refractivity (Wildman–Crippen MR) is 67.5 cm³/mol. The molecule has 1 aromatic rings. The van der Waals surface area contributed by atoms with Gasteiger partial charge in [-0.1, -0.05) is 33.8 Å². The highest BCUT2D eigenvalue weighted by molar-refractivity contribution is 9.10. The highest BCUT2D eigenvalue weighted by Gasteiger charge is 2.26. The number of rotatable bonds is 2. The van der Waals surface area contributed by atoms with E-state index in [1.807, 2.05) is 6.07 Å². The first-order valence-electron chi connectivity index (χ1n) is 4.90. The smallest absolute Gasteiger partial charge is 0.251 e. The zero-order valence-corrected chi connectivity index (χ0v) is 10.8. The number of benzene rings is 1. The van der Waals surface area contributed by atoms with Crippen molar-refractivity contribution in [3.05, 3.63) is 34.3 Å². The number of halogens is 1. The highest BCUT2D eigenvalue weighted by atomic mass is 79.9. The molecule has 1 amide bonds. The monoisotopic (exact) mass is 299 g/mol. The van der Waals surface area contributed by atoms with Crippen molar-refractivity contribution in [1.82, 2.24) is 5.32 Å². The zero-order chi connectivity index (χ0) is 11.5. The van der Waals surface area contributed by atoms with Crippen LogP contribution in [0.2, 0.25) is 0 Å². The summed E-state index contributed by atoms with van der Waals surface area (Å²) in [5.41, 5.74) is 0.569. The van der Waals surface area contributed by atoms with E-state index < -0.39 is 0 Å². The van der Waals surface area contributed by atoms with E-state index in [1.165, 1.54) is 11.8 Å². The van der Waals surface area contributed by atoms with Gasteiger partial charge in [-0.3, -0.25) is 9.59 Å². The molecule has 0 radical (unpaired) electrons. The van der Waals surface area contributed by atoms with Crippen molar-refractivity contribution in [1.29, 1.82) is 0 Å². The van der Waals surface area contributed by atoms with Gasteiger partial charge in [-0.25, -0.2) is 0 Å². The Morgan fingerprint density at radius 1 is 1.50 bits per heavy atom. The molecule has 1 heterocycles. The molecule has 1 atom stereocenters. The molecule has 0 unspecified atom stereocenters. The molecule has 1 fully saturated rings. The van der Waals surface area contributed by atoms with Crippen LogP contribution >= 0.6 is 27.7 Å². The maximum absolute atomic E-state index is 11.8. The standard InChI is InChI=1S/C11H10BrNO2S/c12-8-3-1-2-7(6-8)10(14)13-9-4-5-16-11(9)15/h1-3,6,9H,4-5H2,(H,13,14)/t9-/m0/s1. The van der Waals surface area contributed by atoms with Crippen LogP contribution in [-0.4, -0.2) is 22.8 Å². The molecular weight excluding hydrogens is 290 g/mol. The second kappa shape index (κ2) is 5.01. The molecule has 2 rings (SSSR count). The molecule has 0 spiro atoms. The summed E-state index contributed by atoms with van der Waals surface area (Å²) in [4.78, 5) is 23.2. The van der Waals surface area contributed by atoms with Gasteiger partial charge in [0.1, 0.15) is 0 Å². The minimum absolute atomic E-state index is 0.0587. The van der Waals surface area contributed by atoms with Crippen molar-refractivity contribution in [3.8, 4) is 0 Å². The van der Waals surface area contributed by atoms with E-state index in [-0.39, 0.29) is 17.1 Å². The molecule has 0 saturated carbocycles. The van der Waals surface area contributed by atoms with E-state index in [1.54, 1.807) is 18.2 Å². The van der Waals surface area contributed by atoms with Crippen LogP contribution in [-0.2, 0) is 4.79 Å². The third-order valence-corrected chi connectivity index (χ3v) is 3.83. The number of thioether (sulfide) groups is 1. The third kappa shape index (κ3) is 2.65. The van der Waals surface area contributed by atoms with Crippen molar-refractivity contribution >= 4 is 38.7 Å². The lowest BCUT2D eigenvalue weighted by Crippen LogP contribution is -2.37. The summed E-state index contributed by atoms with van der Waals surface area (Å²) >= 11 is 4.59. The molecule has 5 heteroatoms. The minimum Gasteiger partial charge on any atom is -0.341 e. The highest BCUT2D eigenvalue weighted by Crippen LogP contribution is 2.20. The summed E-state index contributed by atoms with van der Waals surface area (Å²) in [6.45, 7) is 0. The molecule has 1 saturated heterocycles. The van der Waals surface area contributed by atoms with E-state index >= 15 is 0 Å². The summed E-state index contributed by atoms with van der Waals surface area (Å²) in [5, 5.41) is 2.80. The average Bonchev–Trinajstić information content (AvgIpc) is 2.64. The molecule has 3 nitrogen and oxygen atoms in total. The fraction of sp³-hybridized carbons (Fsp3) is 0.273. The Hall–Kier alpha value is -0.810. The number of hydrogen-bond acceptors (Lipinski definition) is 3. The number of hydrogen-bond donors (Lipinski definition) is 1. The normalized spacial score (nSPS) is 19.8. The second-order valence-electron chi connectivity index (χ2n) is 3.49. The van der Waals surface area contributed by atoms with Gasteiger partial charge in [0.15, 0.2) is 0 Å². The van der Waals surface area contributed by atoms with E-state index in [2.05, 4.69) is 21.2 Å². The number of amides is 1. The fourth-order valence-electron chi connectivity index (χ4n) is 1.50. The number of carbonyl (C=O) groups excluding carboxylic acids is 2. The minimum atomic E-state index is -0.323. The Labute approximate surface area is 106 Å². The van der Waals surface area contributed by atoms with Crippen LogP contribution in [0.15, 0.2) is 28.7 Å². The van der Waals surface area contributed by atoms with E-state index in [0.717, 1.165) is 16.6 Å². The van der Waals surface area contributed by atoms with Crippen molar-refractivity contribution in [2.45, 2.75) is 12.5 Å². The first kappa shape index (κ1) is 11.7. The molecular formula is C11H10BrNO2S. The summed E-state index contributed by atoms with van der Waals surface area (Å²) in [7, 11) is 0. The van der Waals surface area contributed by atoms with Gasteiger partial charge in [-0.15, -0.1) is 0 Å². The topological polar surface area (TPSA) is 46.2 Å². The van der Waals surface area contributed by atoms with Crippen LogP contribution in [0.4, 0.5) is 0 Å². The van der Waals surface area contributed by atoms with Crippen LogP contribution in [0.1, 0.15) is 16.8 Å². The van der Waals surface area contributed by atoms with Crippen molar-refractivity contribution in [3.63, 3.8) is 0 Å². The van der Waals surface area contributed by atoms with Gasteiger partial charge in [0, 0.05) is 15.8 Å². The Balaban J connectivity index is 2.05. The van der Waals surface area contributed by atoms with Gasteiger partial charge in [0.2, 0.25) is 5.12 Å². The lowest BCUT2D eigenvalue weighted by Gasteiger charge is -2.10.